The number of aromatic nitrogens is 2. The zero-order valence-electron chi connectivity index (χ0n) is 9.70. The van der Waals surface area contributed by atoms with Gasteiger partial charge in [0.15, 0.2) is 5.82 Å². The number of hydrogen-bond acceptors (Lipinski definition) is 6. The number of morpholine rings is 1. The Hall–Kier alpha value is -1.24. The highest BCUT2D eigenvalue weighted by molar-refractivity contribution is 5.43. The van der Waals surface area contributed by atoms with Crippen LogP contribution in [0, 0.1) is 0 Å². The summed E-state index contributed by atoms with van der Waals surface area (Å²) < 4.78 is 5.65. The number of ether oxygens (including phenoxy) is 1. The molecule has 3 heterocycles. The van der Waals surface area contributed by atoms with Gasteiger partial charge in [0.1, 0.15) is 11.9 Å². The molecule has 0 aliphatic carbocycles. The molecule has 0 bridgehead atoms. The second kappa shape index (κ2) is 4.56. The summed E-state index contributed by atoms with van der Waals surface area (Å²) in [4.78, 5) is 8.96. The first kappa shape index (κ1) is 10.9. The van der Waals surface area contributed by atoms with Gasteiger partial charge in [-0.05, 0) is 13.0 Å². The van der Waals surface area contributed by atoms with Crippen molar-refractivity contribution in [2.24, 2.45) is 0 Å². The first-order chi connectivity index (χ1) is 8.34. The van der Waals surface area contributed by atoms with Crippen LogP contribution in [0.15, 0.2) is 0 Å². The molecule has 6 heteroatoms. The number of nitrogen functional groups attached to an aromatic ring is 1. The summed E-state index contributed by atoms with van der Waals surface area (Å²) in [6.45, 7) is 4.06. The average Bonchev–Trinajstić information content (AvgIpc) is 2.40. The molecule has 92 valence electrons. The van der Waals surface area contributed by atoms with Gasteiger partial charge in [-0.2, -0.15) is 0 Å². The lowest BCUT2D eigenvalue weighted by Crippen LogP contribution is -2.35. The van der Waals surface area contributed by atoms with E-state index in [9.17, 15) is 0 Å². The van der Waals surface area contributed by atoms with Gasteiger partial charge in [0.05, 0.1) is 12.3 Å². The molecule has 6 nitrogen and oxygen atoms in total. The number of anilines is 1. The molecule has 0 aromatic carbocycles. The number of hydrogen-bond donors (Lipinski definition) is 3. The zero-order valence-corrected chi connectivity index (χ0v) is 9.70. The Bertz CT molecular complexity index is 417. The Kier molecular flexibility index (Phi) is 2.92. The topological polar surface area (TPSA) is 85.1 Å². The molecule has 2 aliphatic rings. The summed E-state index contributed by atoms with van der Waals surface area (Å²) in [5, 5.41) is 6.57. The van der Waals surface area contributed by atoms with Crippen LogP contribution in [0.25, 0.3) is 0 Å². The number of nitrogens with zero attached hydrogens (tertiary/aromatic N) is 2. The number of rotatable bonds is 1. The molecule has 0 amide bonds. The number of nitrogens with two attached hydrogens (primary N) is 1. The molecule has 0 saturated carbocycles. The van der Waals surface area contributed by atoms with Crippen LogP contribution >= 0.6 is 0 Å². The fourth-order valence-corrected chi connectivity index (χ4v) is 2.28. The summed E-state index contributed by atoms with van der Waals surface area (Å²) >= 11 is 0. The van der Waals surface area contributed by atoms with Crippen molar-refractivity contribution in [1.29, 1.82) is 0 Å². The summed E-state index contributed by atoms with van der Waals surface area (Å²) in [6.07, 6.45) is 0.837. The SMILES string of the molecule is Nc1nc(C2CNCCO2)nc2c1CCNC2. The Balaban J connectivity index is 1.92. The van der Waals surface area contributed by atoms with Crippen LogP contribution in [0.3, 0.4) is 0 Å². The minimum Gasteiger partial charge on any atom is -0.383 e. The maximum absolute atomic E-state index is 5.99. The highest BCUT2D eigenvalue weighted by atomic mass is 16.5. The largest absolute Gasteiger partial charge is 0.383 e. The van der Waals surface area contributed by atoms with Crippen molar-refractivity contribution < 1.29 is 4.74 Å². The van der Waals surface area contributed by atoms with Gasteiger partial charge in [-0.25, -0.2) is 9.97 Å². The van der Waals surface area contributed by atoms with Crippen LogP contribution in [0.1, 0.15) is 23.2 Å². The van der Waals surface area contributed by atoms with Gasteiger partial charge in [-0.3, -0.25) is 0 Å². The molecule has 17 heavy (non-hydrogen) atoms. The van der Waals surface area contributed by atoms with E-state index in [1.807, 2.05) is 0 Å². The van der Waals surface area contributed by atoms with E-state index in [2.05, 4.69) is 20.6 Å². The second-order valence-electron chi connectivity index (χ2n) is 4.38. The van der Waals surface area contributed by atoms with E-state index < -0.39 is 0 Å². The smallest absolute Gasteiger partial charge is 0.161 e. The van der Waals surface area contributed by atoms with E-state index in [1.54, 1.807) is 0 Å². The Labute approximate surface area is 100.0 Å². The van der Waals surface area contributed by atoms with E-state index in [4.69, 9.17) is 10.5 Å². The van der Waals surface area contributed by atoms with Crippen molar-refractivity contribution in [1.82, 2.24) is 20.6 Å². The van der Waals surface area contributed by atoms with E-state index in [0.29, 0.717) is 18.2 Å². The third-order valence-electron chi connectivity index (χ3n) is 3.20. The fraction of sp³-hybridized carbons (Fsp3) is 0.636. The van der Waals surface area contributed by atoms with Crippen molar-refractivity contribution in [2.45, 2.75) is 19.1 Å². The summed E-state index contributed by atoms with van der Waals surface area (Å²) in [6, 6.07) is 0. The van der Waals surface area contributed by atoms with Gasteiger partial charge in [-0.1, -0.05) is 0 Å². The Morgan fingerprint density at radius 1 is 1.24 bits per heavy atom. The predicted molar refractivity (Wildman–Crippen MR) is 63.4 cm³/mol. The number of nitrogens with one attached hydrogen (secondary N) is 2. The van der Waals surface area contributed by atoms with Gasteiger partial charge in [0.25, 0.3) is 0 Å². The number of fused-ring (bicyclic) bond motifs is 1. The van der Waals surface area contributed by atoms with Crippen molar-refractivity contribution >= 4 is 5.82 Å². The minimum absolute atomic E-state index is 0.0710. The van der Waals surface area contributed by atoms with E-state index >= 15 is 0 Å². The normalized spacial score (nSPS) is 24.4. The van der Waals surface area contributed by atoms with Crippen molar-refractivity contribution in [3.05, 3.63) is 17.1 Å². The van der Waals surface area contributed by atoms with E-state index in [0.717, 1.165) is 43.9 Å². The van der Waals surface area contributed by atoms with Crippen LogP contribution in [-0.4, -0.2) is 36.2 Å². The third-order valence-corrected chi connectivity index (χ3v) is 3.20. The average molecular weight is 235 g/mol. The molecule has 3 rings (SSSR count). The lowest BCUT2D eigenvalue weighted by atomic mass is 10.1. The summed E-state index contributed by atoms with van der Waals surface area (Å²) in [5.41, 5.74) is 8.11. The van der Waals surface area contributed by atoms with Gasteiger partial charge in [0.2, 0.25) is 0 Å². The maximum Gasteiger partial charge on any atom is 0.161 e. The predicted octanol–water partition coefficient (Wildman–Crippen LogP) is -0.635. The monoisotopic (exact) mass is 235 g/mol. The van der Waals surface area contributed by atoms with Gasteiger partial charge in [0, 0.05) is 25.2 Å². The quantitative estimate of drug-likeness (QED) is 0.601. The molecular formula is C11H17N5O. The Morgan fingerprint density at radius 3 is 3.00 bits per heavy atom. The molecule has 1 aromatic rings. The standard InChI is InChI=1S/C11H17N5O/c12-10-7-1-2-13-5-8(7)15-11(16-10)9-6-14-3-4-17-9/h9,13-14H,1-6H2,(H2,12,15,16). The fourth-order valence-electron chi connectivity index (χ4n) is 2.28. The van der Waals surface area contributed by atoms with Gasteiger partial charge >= 0.3 is 0 Å². The molecule has 2 aliphatic heterocycles. The molecule has 0 radical (unpaired) electrons. The van der Waals surface area contributed by atoms with Gasteiger partial charge in [-0.15, -0.1) is 0 Å². The molecule has 1 atom stereocenters. The Morgan fingerprint density at radius 2 is 2.18 bits per heavy atom. The molecular weight excluding hydrogens is 218 g/mol. The van der Waals surface area contributed by atoms with Crippen molar-refractivity contribution in [2.75, 3.05) is 32.0 Å². The summed E-state index contributed by atoms with van der Waals surface area (Å²) in [7, 11) is 0. The lowest BCUT2D eigenvalue weighted by Gasteiger charge is -2.24. The third kappa shape index (κ3) is 2.11. The van der Waals surface area contributed by atoms with E-state index in [1.165, 1.54) is 0 Å². The van der Waals surface area contributed by atoms with Crippen molar-refractivity contribution in [3.8, 4) is 0 Å². The molecule has 0 spiro atoms. The molecule has 1 saturated heterocycles. The van der Waals surface area contributed by atoms with Crippen LogP contribution < -0.4 is 16.4 Å². The van der Waals surface area contributed by atoms with Crippen molar-refractivity contribution in [3.63, 3.8) is 0 Å². The highest BCUT2D eigenvalue weighted by Gasteiger charge is 2.22. The minimum atomic E-state index is -0.0710. The molecule has 4 N–H and O–H groups in total. The molecule has 1 fully saturated rings. The maximum atomic E-state index is 5.99. The molecule has 1 unspecified atom stereocenters. The summed E-state index contributed by atoms with van der Waals surface area (Å²) in [5.74, 6) is 1.32. The van der Waals surface area contributed by atoms with Crippen LogP contribution in [0.4, 0.5) is 5.82 Å². The molecule has 1 aromatic heterocycles. The first-order valence-electron chi connectivity index (χ1n) is 6.03. The lowest BCUT2D eigenvalue weighted by molar-refractivity contribution is 0.0220. The van der Waals surface area contributed by atoms with Crippen LogP contribution in [0.5, 0.6) is 0 Å². The zero-order chi connectivity index (χ0) is 11.7. The van der Waals surface area contributed by atoms with Crippen LogP contribution in [-0.2, 0) is 17.7 Å². The van der Waals surface area contributed by atoms with E-state index in [-0.39, 0.29) is 6.10 Å². The highest BCUT2D eigenvalue weighted by Crippen LogP contribution is 2.22. The first-order valence-corrected chi connectivity index (χ1v) is 6.03. The second-order valence-corrected chi connectivity index (χ2v) is 4.38. The van der Waals surface area contributed by atoms with Gasteiger partial charge < -0.3 is 21.1 Å². The van der Waals surface area contributed by atoms with Crippen LogP contribution in [0.2, 0.25) is 0 Å².